The molecular weight excluding hydrogens is 375 g/mol. The van der Waals surface area contributed by atoms with Crippen LogP contribution in [0.5, 0.6) is 0 Å². The number of ether oxygens (including phenoxy) is 1. The minimum atomic E-state index is -0.436. The quantitative estimate of drug-likeness (QED) is 0.596. The molecule has 4 rings (SSSR count). The molecule has 150 valence electrons. The number of amides is 1. The number of benzene rings is 1. The van der Waals surface area contributed by atoms with E-state index in [-0.39, 0.29) is 24.1 Å². The van der Waals surface area contributed by atoms with E-state index >= 15 is 0 Å². The summed E-state index contributed by atoms with van der Waals surface area (Å²) in [6.07, 6.45) is 4.06. The Bertz CT molecular complexity index is 1050. The molecule has 2 aromatic rings. The van der Waals surface area contributed by atoms with Crippen LogP contribution in [0, 0.1) is 5.82 Å². The van der Waals surface area contributed by atoms with E-state index in [1.807, 2.05) is 0 Å². The first-order valence-corrected chi connectivity index (χ1v) is 9.73. The molecule has 0 radical (unpaired) electrons. The number of carbonyl (C=O) groups excluding carboxylic acids is 3. The number of aromatic nitrogens is 1. The monoisotopic (exact) mass is 396 g/mol. The zero-order valence-corrected chi connectivity index (χ0v) is 16.1. The van der Waals surface area contributed by atoms with Crippen molar-refractivity contribution >= 4 is 35.0 Å². The number of halogens is 1. The van der Waals surface area contributed by atoms with E-state index in [1.165, 1.54) is 18.2 Å². The first-order chi connectivity index (χ1) is 14.0. The zero-order valence-electron chi connectivity index (χ0n) is 16.1. The van der Waals surface area contributed by atoms with Gasteiger partial charge in [0.2, 0.25) is 0 Å². The van der Waals surface area contributed by atoms with Crippen molar-refractivity contribution in [3.05, 3.63) is 52.1 Å². The number of hydrogen-bond donors (Lipinski definition) is 2. The molecule has 1 aromatic carbocycles. The largest absolute Gasteiger partial charge is 0.466 e. The van der Waals surface area contributed by atoms with Crippen LogP contribution in [0.2, 0.25) is 0 Å². The number of carbonyl (C=O) groups is 3. The van der Waals surface area contributed by atoms with Crippen molar-refractivity contribution in [2.75, 3.05) is 11.9 Å². The highest BCUT2D eigenvalue weighted by Crippen LogP contribution is 2.36. The molecule has 2 aliphatic rings. The third-order valence-electron chi connectivity index (χ3n) is 5.26. The Morgan fingerprint density at radius 2 is 2.10 bits per heavy atom. The number of nitrogens with one attached hydrogen (secondary N) is 2. The van der Waals surface area contributed by atoms with Crippen LogP contribution in [0.15, 0.2) is 18.2 Å². The molecule has 0 saturated carbocycles. The van der Waals surface area contributed by atoms with Crippen molar-refractivity contribution in [2.24, 2.45) is 0 Å². The molecule has 1 aromatic heterocycles. The van der Waals surface area contributed by atoms with E-state index in [4.69, 9.17) is 4.74 Å². The molecule has 0 spiro atoms. The van der Waals surface area contributed by atoms with Crippen molar-refractivity contribution in [1.29, 1.82) is 0 Å². The van der Waals surface area contributed by atoms with Crippen molar-refractivity contribution < 1.29 is 23.5 Å². The van der Waals surface area contributed by atoms with Crippen molar-refractivity contribution in [2.45, 2.75) is 39.0 Å². The fourth-order valence-electron chi connectivity index (χ4n) is 3.98. The minimum Gasteiger partial charge on any atom is -0.466 e. The molecule has 0 saturated heterocycles. The van der Waals surface area contributed by atoms with E-state index in [9.17, 15) is 18.8 Å². The number of hydrogen-bond acceptors (Lipinski definition) is 4. The van der Waals surface area contributed by atoms with Crippen LogP contribution in [0.4, 0.5) is 10.1 Å². The fraction of sp³-hybridized carbons (Fsp3) is 0.318. The Morgan fingerprint density at radius 3 is 2.90 bits per heavy atom. The van der Waals surface area contributed by atoms with Gasteiger partial charge < -0.3 is 15.0 Å². The molecule has 6 nitrogen and oxygen atoms in total. The number of fused-ring (bicyclic) bond motifs is 2. The Morgan fingerprint density at radius 1 is 1.28 bits per heavy atom. The molecular formula is C22H21FN2O4. The number of ketones is 1. The maximum absolute atomic E-state index is 13.7. The molecule has 7 heteroatoms. The van der Waals surface area contributed by atoms with Crippen LogP contribution in [0.25, 0.3) is 11.6 Å². The maximum Gasteiger partial charge on any atom is 0.306 e. The van der Waals surface area contributed by atoms with Crippen molar-refractivity contribution in [3.8, 4) is 0 Å². The third kappa shape index (κ3) is 3.60. The predicted octanol–water partition coefficient (Wildman–Crippen LogP) is 3.66. The first kappa shape index (κ1) is 19.1. The number of anilines is 1. The molecule has 1 aliphatic carbocycles. The standard InChI is InChI=1S/C22H21FN2O4/c1-2-29-20(27)9-7-13-18(24-17-4-3-5-19(26)21(13)17)11-15-14-10-12(23)6-8-16(14)25-22(15)28/h6,8,10-11,24H,2-5,7,9H2,1H3,(H,25,28)/b15-11-. The van der Waals surface area contributed by atoms with Crippen molar-refractivity contribution in [3.63, 3.8) is 0 Å². The summed E-state index contributed by atoms with van der Waals surface area (Å²) in [5.41, 5.74) is 4.10. The highest BCUT2D eigenvalue weighted by Gasteiger charge is 2.29. The van der Waals surface area contributed by atoms with Crippen LogP contribution in [-0.4, -0.2) is 29.3 Å². The summed E-state index contributed by atoms with van der Waals surface area (Å²) in [6.45, 7) is 2.03. The van der Waals surface area contributed by atoms with Gasteiger partial charge in [-0.25, -0.2) is 4.39 Å². The third-order valence-corrected chi connectivity index (χ3v) is 5.26. The Balaban J connectivity index is 1.77. The van der Waals surface area contributed by atoms with Gasteiger partial charge in [-0.15, -0.1) is 0 Å². The highest BCUT2D eigenvalue weighted by molar-refractivity contribution is 6.35. The van der Waals surface area contributed by atoms with Gasteiger partial charge in [0.15, 0.2) is 5.78 Å². The molecule has 2 heterocycles. The SMILES string of the molecule is CCOC(=O)CCc1c(/C=C2\C(=O)Nc3ccc(F)cc32)[nH]c2c1C(=O)CCC2. The molecule has 0 bridgehead atoms. The Kier molecular flexibility index (Phi) is 5.05. The van der Waals surface area contributed by atoms with Gasteiger partial charge in [0.05, 0.1) is 12.2 Å². The summed E-state index contributed by atoms with van der Waals surface area (Å²) in [6, 6.07) is 4.12. The summed E-state index contributed by atoms with van der Waals surface area (Å²) >= 11 is 0. The fourth-order valence-corrected chi connectivity index (χ4v) is 3.98. The number of rotatable bonds is 5. The van der Waals surface area contributed by atoms with E-state index in [1.54, 1.807) is 13.0 Å². The lowest BCUT2D eigenvalue weighted by molar-refractivity contribution is -0.143. The average Bonchev–Trinajstić information content (AvgIpc) is 3.19. The summed E-state index contributed by atoms with van der Waals surface area (Å²) in [4.78, 5) is 40.1. The summed E-state index contributed by atoms with van der Waals surface area (Å²) in [5, 5.41) is 2.72. The molecule has 1 amide bonds. The summed E-state index contributed by atoms with van der Waals surface area (Å²) < 4.78 is 18.7. The summed E-state index contributed by atoms with van der Waals surface area (Å²) in [5.74, 6) is -1.07. The lowest BCUT2D eigenvalue weighted by Gasteiger charge is -2.11. The smallest absolute Gasteiger partial charge is 0.306 e. The van der Waals surface area contributed by atoms with E-state index in [0.717, 1.165) is 18.5 Å². The topological polar surface area (TPSA) is 88.3 Å². The van der Waals surface area contributed by atoms with Gasteiger partial charge in [-0.1, -0.05) is 0 Å². The molecule has 0 atom stereocenters. The van der Waals surface area contributed by atoms with E-state index < -0.39 is 5.82 Å². The van der Waals surface area contributed by atoms with Gasteiger partial charge >= 0.3 is 5.97 Å². The van der Waals surface area contributed by atoms with Gasteiger partial charge in [-0.3, -0.25) is 14.4 Å². The highest BCUT2D eigenvalue weighted by atomic mass is 19.1. The van der Waals surface area contributed by atoms with E-state index in [0.29, 0.717) is 53.1 Å². The Labute approximate surface area is 167 Å². The van der Waals surface area contributed by atoms with Gasteiger partial charge in [0.1, 0.15) is 5.82 Å². The predicted molar refractivity (Wildman–Crippen MR) is 106 cm³/mol. The number of aromatic amines is 1. The maximum atomic E-state index is 13.7. The molecule has 29 heavy (non-hydrogen) atoms. The zero-order chi connectivity index (χ0) is 20.5. The normalized spacial score (nSPS) is 16.6. The molecule has 2 N–H and O–H groups in total. The molecule has 0 unspecified atom stereocenters. The number of esters is 1. The first-order valence-electron chi connectivity index (χ1n) is 9.73. The summed E-state index contributed by atoms with van der Waals surface area (Å²) in [7, 11) is 0. The van der Waals surface area contributed by atoms with Crippen LogP contribution in [-0.2, 0) is 27.2 Å². The van der Waals surface area contributed by atoms with Gasteiger partial charge in [-0.2, -0.15) is 0 Å². The second-order valence-corrected chi connectivity index (χ2v) is 7.15. The number of aryl methyl sites for hydroxylation is 1. The molecule has 0 fully saturated rings. The lowest BCUT2D eigenvalue weighted by atomic mass is 9.91. The lowest BCUT2D eigenvalue weighted by Crippen LogP contribution is -2.12. The van der Waals surface area contributed by atoms with Gasteiger partial charge in [0, 0.05) is 41.0 Å². The van der Waals surface area contributed by atoms with Crippen LogP contribution >= 0.6 is 0 Å². The van der Waals surface area contributed by atoms with Crippen LogP contribution < -0.4 is 5.32 Å². The second kappa shape index (κ2) is 7.66. The van der Waals surface area contributed by atoms with Crippen LogP contribution in [0.3, 0.4) is 0 Å². The Hall–Kier alpha value is -3.22. The minimum absolute atomic E-state index is 0.0355. The van der Waals surface area contributed by atoms with Crippen LogP contribution in [0.1, 0.15) is 59.1 Å². The number of Topliss-reactive ketones (excluding diaryl/α,β-unsaturated/α-hetero) is 1. The average molecular weight is 396 g/mol. The van der Waals surface area contributed by atoms with Crippen molar-refractivity contribution in [1.82, 2.24) is 4.98 Å². The van der Waals surface area contributed by atoms with Gasteiger partial charge in [0.25, 0.3) is 5.91 Å². The van der Waals surface area contributed by atoms with Gasteiger partial charge in [-0.05, 0) is 56.0 Å². The number of H-pyrrole nitrogens is 1. The second-order valence-electron chi connectivity index (χ2n) is 7.15. The van der Waals surface area contributed by atoms with E-state index in [2.05, 4.69) is 10.3 Å². The molecule has 1 aliphatic heterocycles.